The van der Waals surface area contributed by atoms with Crippen LogP contribution in [0.2, 0.25) is 5.28 Å². The van der Waals surface area contributed by atoms with E-state index in [4.69, 9.17) is 22.1 Å². The fourth-order valence-electron chi connectivity index (χ4n) is 1.39. The highest BCUT2D eigenvalue weighted by atomic mass is 79.9. The van der Waals surface area contributed by atoms with Crippen molar-refractivity contribution in [3.8, 4) is 11.6 Å². The molecule has 0 spiro atoms. The lowest BCUT2D eigenvalue weighted by Gasteiger charge is -2.11. The summed E-state index contributed by atoms with van der Waals surface area (Å²) >= 11 is 9.18. The van der Waals surface area contributed by atoms with Crippen molar-refractivity contribution in [2.24, 2.45) is 0 Å². The van der Waals surface area contributed by atoms with Crippen LogP contribution in [-0.2, 0) is 0 Å². The van der Waals surface area contributed by atoms with E-state index in [0.29, 0.717) is 17.1 Å². The molecule has 0 aliphatic heterocycles. The Morgan fingerprint density at radius 2 is 2.00 bits per heavy atom. The van der Waals surface area contributed by atoms with Gasteiger partial charge in [0.25, 0.3) is 0 Å². The molecule has 0 bridgehead atoms. The van der Waals surface area contributed by atoms with Gasteiger partial charge in [-0.2, -0.15) is 4.98 Å². The van der Waals surface area contributed by atoms with Gasteiger partial charge in [0.2, 0.25) is 11.2 Å². The molecule has 1 aromatic carbocycles. The normalized spacial score (nSPS) is 10.4. The van der Waals surface area contributed by atoms with Crippen molar-refractivity contribution in [3.63, 3.8) is 0 Å². The molecule has 0 fully saturated rings. The van der Waals surface area contributed by atoms with Crippen molar-refractivity contribution >= 4 is 33.2 Å². The van der Waals surface area contributed by atoms with Gasteiger partial charge in [-0.05, 0) is 43.1 Å². The van der Waals surface area contributed by atoms with E-state index in [2.05, 4.69) is 25.9 Å². The van der Waals surface area contributed by atoms with E-state index in [9.17, 15) is 0 Å². The minimum Gasteiger partial charge on any atom is -0.437 e. The zero-order chi connectivity index (χ0) is 13.3. The predicted octanol–water partition coefficient (Wildman–Crippen LogP) is 3.88. The minimum absolute atomic E-state index is 0.115. The number of nitrogens with zero attached hydrogens (tertiary/aromatic N) is 2. The molecule has 4 nitrogen and oxygen atoms in total. The average molecular weight is 329 g/mol. The van der Waals surface area contributed by atoms with E-state index < -0.39 is 0 Å². The molecule has 0 aliphatic rings. The third kappa shape index (κ3) is 2.73. The Balaban J connectivity index is 2.43. The molecule has 2 aromatic rings. The summed E-state index contributed by atoms with van der Waals surface area (Å²) in [7, 11) is 0. The van der Waals surface area contributed by atoms with Crippen LogP contribution in [0.3, 0.4) is 0 Å². The maximum absolute atomic E-state index is 5.87. The lowest BCUT2D eigenvalue weighted by molar-refractivity contribution is 0.460. The van der Waals surface area contributed by atoms with E-state index in [-0.39, 0.29) is 11.2 Å². The fraction of sp³-hybridized carbons (Fsp3) is 0.167. The van der Waals surface area contributed by atoms with Crippen LogP contribution in [0.1, 0.15) is 11.3 Å². The van der Waals surface area contributed by atoms with E-state index in [1.807, 2.05) is 25.1 Å². The van der Waals surface area contributed by atoms with Gasteiger partial charge in [-0.25, -0.2) is 4.98 Å². The number of ether oxygens (including phenoxy) is 1. The quantitative estimate of drug-likeness (QED) is 0.850. The monoisotopic (exact) mass is 327 g/mol. The number of aryl methyl sites for hydroxylation is 2. The van der Waals surface area contributed by atoms with Gasteiger partial charge in [0, 0.05) is 4.47 Å². The molecule has 0 aliphatic carbocycles. The molecular formula is C12H11BrClN3O. The van der Waals surface area contributed by atoms with Gasteiger partial charge in [-0.15, -0.1) is 0 Å². The first-order valence-electron chi connectivity index (χ1n) is 5.21. The summed E-state index contributed by atoms with van der Waals surface area (Å²) in [4.78, 5) is 7.95. The fourth-order valence-corrected chi connectivity index (χ4v) is 1.93. The number of benzene rings is 1. The molecule has 94 valence electrons. The van der Waals surface area contributed by atoms with Gasteiger partial charge in [0.1, 0.15) is 11.4 Å². The van der Waals surface area contributed by atoms with Crippen molar-refractivity contribution in [3.05, 3.63) is 39.2 Å². The molecule has 2 N–H and O–H groups in total. The molecule has 0 saturated carbocycles. The van der Waals surface area contributed by atoms with E-state index in [0.717, 1.165) is 10.0 Å². The summed E-state index contributed by atoms with van der Waals surface area (Å²) in [5, 5.41) is 0.115. The standard InChI is InChI=1S/C12H11BrClN3O/c1-6-3-4-8(13)5-9(6)18-11-10(15)7(2)16-12(14)17-11/h3-5H,15H2,1-2H3. The molecule has 0 unspecified atom stereocenters. The highest BCUT2D eigenvalue weighted by Gasteiger charge is 2.11. The summed E-state index contributed by atoms with van der Waals surface area (Å²) in [6.07, 6.45) is 0. The summed E-state index contributed by atoms with van der Waals surface area (Å²) < 4.78 is 6.61. The number of nitrogens with two attached hydrogens (primary N) is 1. The molecule has 1 heterocycles. The van der Waals surface area contributed by atoms with Gasteiger partial charge < -0.3 is 10.5 Å². The topological polar surface area (TPSA) is 61.0 Å². The van der Waals surface area contributed by atoms with E-state index >= 15 is 0 Å². The number of nitrogen functional groups attached to an aromatic ring is 1. The van der Waals surface area contributed by atoms with Crippen LogP contribution in [0.15, 0.2) is 22.7 Å². The SMILES string of the molecule is Cc1ccc(Br)cc1Oc1nc(Cl)nc(C)c1N. The predicted molar refractivity (Wildman–Crippen MR) is 75.1 cm³/mol. The molecule has 0 radical (unpaired) electrons. The zero-order valence-electron chi connectivity index (χ0n) is 9.87. The van der Waals surface area contributed by atoms with Gasteiger partial charge in [0.15, 0.2) is 0 Å². The Morgan fingerprint density at radius 3 is 2.72 bits per heavy atom. The largest absolute Gasteiger partial charge is 0.437 e. The smallest absolute Gasteiger partial charge is 0.247 e. The third-order valence-corrected chi connectivity index (χ3v) is 3.09. The highest BCUT2D eigenvalue weighted by molar-refractivity contribution is 9.10. The minimum atomic E-state index is 0.115. The maximum Gasteiger partial charge on any atom is 0.247 e. The van der Waals surface area contributed by atoms with Crippen LogP contribution in [0.5, 0.6) is 11.6 Å². The number of hydrogen-bond acceptors (Lipinski definition) is 4. The molecule has 0 atom stereocenters. The van der Waals surface area contributed by atoms with Crippen molar-refractivity contribution in [2.45, 2.75) is 13.8 Å². The summed E-state index contributed by atoms with van der Waals surface area (Å²) in [6.45, 7) is 3.69. The zero-order valence-corrected chi connectivity index (χ0v) is 12.2. The Bertz CT molecular complexity index is 604. The lowest BCUT2D eigenvalue weighted by Crippen LogP contribution is -2.01. The third-order valence-electron chi connectivity index (χ3n) is 2.43. The number of aromatic nitrogens is 2. The maximum atomic E-state index is 5.87. The second-order valence-corrected chi connectivity index (χ2v) is 5.06. The lowest BCUT2D eigenvalue weighted by atomic mass is 10.2. The highest BCUT2D eigenvalue weighted by Crippen LogP contribution is 2.31. The second-order valence-electron chi connectivity index (χ2n) is 3.81. The number of rotatable bonds is 2. The van der Waals surface area contributed by atoms with Crippen LogP contribution in [0.4, 0.5) is 5.69 Å². The van der Waals surface area contributed by atoms with E-state index in [1.54, 1.807) is 6.92 Å². The van der Waals surface area contributed by atoms with Gasteiger partial charge in [-0.1, -0.05) is 22.0 Å². The van der Waals surface area contributed by atoms with Crippen LogP contribution in [0, 0.1) is 13.8 Å². The first-order chi connectivity index (χ1) is 8.47. The number of anilines is 1. The summed E-state index contributed by atoms with van der Waals surface area (Å²) in [6, 6.07) is 5.72. The number of halogens is 2. The van der Waals surface area contributed by atoms with Gasteiger partial charge in [-0.3, -0.25) is 0 Å². The summed E-state index contributed by atoms with van der Waals surface area (Å²) in [5.74, 6) is 0.943. The Morgan fingerprint density at radius 1 is 1.28 bits per heavy atom. The Labute approximate surface area is 118 Å². The molecule has 18 heavy (non-hydrogen) atoms. The van der Waals surface area contributed by atoms with Crippen molar-refractivity contribution in [1.82, 2.24) is 9.97 Å². The Hall–Kier alpha value is -1.33. The van der Waals surface area contributed by atoms with Crippen molar-refractivity contribution < 1.29 is 4.74 Å². The van der Waals surface area contributed by atoms with Crippen LogP contribution in [0.25, 0.3) is 0 Å². The molecule has 6 heteroatoms. The second kappa shape index (κ2) is 5.12. The van der Waals surface area contributed by atoms with Crippen molar-refractivity contribution in [1.29, 1.82) is 0 Å². The molecule has 2 rings (SSSR count). The average Bonchev–Trinajstić information content (AvgIpc) is 2.30. The van der Waals surface area contributed by atoms with E-state index in [1.165, 1.54) is 0 Å². The molecular weight excluding hydrogens is 318 g/mol. The van der Waals surface area contributed by atoms with Crippen LogP contribution >= 0.6 is 27.5 Å². The Kier molecular flexibility index (Phi) is 3.73. The molecule has 0 saturated heterocycles. The summed E-state index contributed by atoms with van der Waals surface area (Å²) in [5.41, 5.74) is 7.83. The first kappa shape index (κ1) is 13.1. The molecule has 1 aromatic heterocycles. The van der Waals surface area contributed by atoms with Gasteiger partial charge in [0.05, 0.1) is 5.69 Å². The van der Waals surface area contributed by atoms with Gasteiger partial charge >= 0.3 is 0 Å². The van der Waals surface area contributed by atoms with Crippen LogP contribution in [-0.4, -0.2) is 9.97 Å². The number of hydrogen-bond donors (Lipinski definition) is 1. The molecule has 0 amide bonds. The first-order valence-corrected chi connectivity index (χ1v) is 6.38. The van der Waals surface area contributed by atoms with Crippen LogP contribution < -0.4 is 10.5 Å². The van der Waals surface area contributed by atoms with Crippen molar-refractivity contribution in [2.75, 3.05) is 5.73 Å².